The Morgan fingerprint density at radius 3 is 2.67 bits per heavy atom. The second-order valence-electron chi connectivity index (χ2n) is 4.65. The third-order valence-electron chi connectivity index (χ3n) is 3.09. The lowest BCUT2D eigenvalue weighted by Crippen LogP contribution is -2.34. The minimum Gasteiger partial charge on any atom is -0.383 e. The van der Waals surface area contributed by atoms with Crippen molar-refractivity contribution >= 4 is 5.91 Å². The van der Waals surface area contributed by atoms with Crippen LogP contribution in [0.3, 0.4) is 0 Å². The van der Waals surface area contributed by atoms with Gasteiger partial charge in [-0.3, -0.25) is 9.59 Å². The molecule has 5 heteroatoms. The van der Waals surface area contributed by atoms with E-state index in [0.29, 0.717) is 25.3 Å². The molecule has 0 bridgehead atoms. The van der Waals surface area contributed by atoms with Crippen LogP contribution in [0, 0.1) is 0 Å². The number of aromatic amines is 1. The van der Waals surface area contributed by atoms with Crippen molar-refractivity contribution in [1.29, 1.82) is 0 Å². The fourth-order valence-electron chi connectivity index (χ4n) is 2.02. The molecule has 0 aliphatic carbocycles. The van der Waals surface area contributed by atoms with Crippen LogP contribution in [0.25, 0.3) is 0 Å². The Labute approximate surface area is 123 Å². The minimum atomic E-state index is -0.285. The average Bonchev–Trinajstić information content (AvgIpc) is 2.51. The van der Waals surface area contributed by atoms with Crippen LogP contribution < -0.4 is 5.56 Å². The normalized spacial score (nSPS) is 10.3. The molecule has 2 aromatic rings. The molecule has 0 aliphatic heterocycles. The number of nitrogens with zero attached hydrogens (tertiary/aromatic N) is 1. The van der Waals surface area contributed by atoms with E-state index in [-0.39, 0.29) is 11.5 Å². The van der Waals surface area contributed by atoms with E-state index in [1.165, 1.54) is 12.3 Å². The summed E-state index contributed by atoms with van der Waals surface area (Å²) in [5.74, 6) is -0.179. The van der Waals surface area contributed by atoms with Crippen LogP contribution in [0.5, 0.6) is 0 Å². The lowest BCUT2D eigenvalue weighted by atomic mass is 10.2. The smallest absolute Gasteiger partial charge is 0.254 e. The monoisotopic (exact) mass is 286 g/mol. The number of methoxy groups -OCH3 is 1. The van der Waals surface area contributed by atoms with Gasteiger partial charge in [-0.2, -0.15) is 0 Å². The zero-order valence-electron chi connectivity index (χ0n) is 11.9. The van der Waals surface area contributed by atoms with E-state index in [2.05, 4.69) is 4.98 Å². The van der Waals surface area contributed by atoms with Crippen LogP contribution in [0.2, 0.25) is 0 Å². The molecule has 0 radical (unpaired) electrons. The summed E-state index contributed by atoms with van der Waals surface area (Å²) in [7, 11) is 1.60. The number of H-pyrrole nitrogens is 1. The number of hydrogen-bond acceptors (Lipinski definition) is 3. The molecular formula is C16H18N2O3. The lowest BCUT2D eigenvalue weighted by Gasteiger charge is -2.22. The maximum atomic E-state index is 12.5. The Hall–Kier alpha value is -2.40. The molecule has 110 valence electrons. The van der Waals surface area contributed by atoms with Gasteiger partial charge >= 0.3 is 0 Å². The van der Waals surface area contributed by atoms with Crippen LogP contribution in [0.4, 0.5) is 0 Å². The number of nitrogens with one attached hydrogen (secondary N) is 1. The zero-order valence-corrected chi connectivity index (χ0v) is 11.9. The number of amides is 1. The van der Waals surface area contributed by atoms with E-state index >= 15 is 0 Å². The van der Waals surface area contributed by atoms with Crippen LogP contribution in [0.1, 0.15) is 15.9 Å². The molecule has 5 nitrogen and oxygen atoms in total. The lowest BCUT2D eigenvalue weighted by molar-refractivity contribution is 0.0680. The zero-order chi connectivity index (χ0) is 15.1. The Morgan fingerprint density at radius 1 is 1.24 bits per heavy atom. The Balaban J connectivity index is 2.18. The van der Waals surface area contributed by atoms with Gasteiger partial charge in [-0.05, 0) is 11.6 Å². The van der Waals surface area contributed by atoms with Crippen LogP contribution in [-0.2, 0) is 11.3 Å². The Kier molecular flexibility index (Phi) is 5.29. The fraction of sp³-hybridized carbons (Fsp3) is 0.250. The van der Waals surface area contributed by atoms with Crippen LogP contribution in [-0.4, -0.2) is 36.1 Å². The maximum Gasteiger partial charge on any atom is 0.254 e. The number of aromatic nitrogens is 1. The molecule has 0 atom stereocenters. The first-order valence-corrected chi connectivity index (χ1v) is 6.71. The van der Waals surface area contributed by atoms with Crippen molar-refractivity contribution in [1.82, 2.24) is 9.88 Å². The molecule has 1 heterocycles. The highest BCUT2D eigenvalue weighted by atomic mass is 16.5. The van der Waals surface area contributed by atoms with E-state index in [0.717, 1.165) is 5.56 Å². The summed E-state index contributed by atoms with van der Waals surface area (Å²) >= 11 is 0. The molecule has 0 saturated carbocycles. The molecule has 21 heavy (non-hydrogen) atoms. The molecule has 0 spiro atoms. The first-order chi connectivity index (χ1) is 10.2. The van der Waals surface area contributed by atoms with Crippen molar-refractivity contribution in [2.75, 3.05) is 20.3 Å². The summed E-state index contributed by atoms with van der Waals surface area (Å²) in [6.07, 6.45) is 1.48. The van der Waals surface area contributed by atoms with E-state index in [4.69, 9.17) is 4.74 Å². The number of rotatable bonds is 6. The second kappa shape index (κ2) is 7.40. The van der Waals surface area contributed by atoms with E-state index in [1.54, 1.807) is 18.1 Å². The number of benzene rings is 1. The molecule has 1 amide bonds. The van der Waals surface area contributed by atoms with E-state index in [1.807, 2.05) is 30.3 Å². The van der Waals surface area contributed by atoms with Gasteiger partial charge in [0.1, 0.15) is 0 Å². The molecule has 1 aromatic carbocycles. The van der Waals surface area contributed by atoms with Gasteiger partial charge in [0, 0.05) is 38.0 Å². The minimum absolute atomic E-state index is 0.179. The Morgan fingerprint density at radius 2 is 2.00 bits per heavy atom. The van der Waals surface area contributed by atoms with Crippen molar-refractivity contribution in [3.63, 3.8) is 0 Å². The van der Waals surface area contributed by atoms with Gasteiger partial charge in [0.05, 0.1) is 6.61 Å². The van der Waals surface area contributed by atoms with Crippen LogP contribution >= 0.6 is 0 Å². The number of pyridine rings is 1. The molecule has 1 aromatic heterocycles. The highest BCUT2D eigenvalue weighted by Crippen LogP contribution is 2.08. The van der Waals surface area contributed by atoms with Crippen molar-refractivity contribution in [3.05, 3.63) is 70.1 Å². The highest BCUT2D eigenvalue weighted by molar-refractivity contribution is 5.94. The van der Waals surface area contributed by atoms with Crippen molar-refractivity contribution < 1.29 is 9.53 Å². The van der Waals surface area contributed by atoms with Crippen molar-refractivity contribution in [2.45, 2.75) is 6.54 Å². The first-order valence-electron chi connectivity index (χ1n) is 6.71. The predicted octanol–water partition coefficient (Wildman–Crippen LogP) is 1.66. The van der Waals surface area contributed by atoms with E-state index in [9.17, 15) is 9.59 Å². The standard InChI is InChI=1S/C16H18N2O3/c1-21-10-9-18(12-13-5-3-2-4-6-13)16(20)14-7-8-17-15(19)11-14/h2-8,11H,9-10,12H2,1H3,(H,17,19). The van der Waals surface area contributed by atoms with E-state index < -0.39 is 0 Å². The van der Waals surface area contributed by atoms with Gasteiger partial charge < -0.3 is 14.6 Å². The summed E-state index contributed by atoms with van der Waals surface area (Å²) in [4.78, 5) is 28.0. The molecule has 0 saturated heterocycles. The summed E-state index contributed by atoms with van der Waals surface area (Å²) in [5.41, 5.74) is 1.13. The van der Waals surface area contributed by atoms with Gasteiger partial charge in [-0.15, -0.1) is 0 Å². The molecular weight excluding hydrogens is 268 g/mol. The molecule has 0 unspecified atom stereocenters. The molecule has 0 fully saturated rings. The largest absolute Gasteiger partial charge is 0.383 e. The topological polar surface area (TPSA) is 62.4 Å². The highest BCUT2D eigenvalue weighted by Gasteiger charge is 2.16. The average molecular weight is 286 g/mol. The van der Waals surface area contributed by atoms with Crippen molar-refractivity contribution in [3.8, 4) is 0 Å². The van der Waals surface area contributed by atoms with Crippen molar-refractivity contribution in [2.24, 2.45) is 0 Å². The maximum absolute atomic E-state index is 12.5. The molecule has 2 rings (SSSR count). The number of carbonyl (C=O) groups excluding carboxylic acids is 1. The SMILES string of the molecule is COCCN(Cc1ccccc1)C(=O)c1cc[nH]c(=O)c1. The van der Waals surface area contributed by atoms with Gasteiger partial charge in [-0.1, -0.05) is 30.3 Å². The van der Waals surface area contributed by atoms with Gasteiger partial charge in [0.25, 0.3) is 5.91 Å². The van der Waals surface area contributed by atoms with Gasteiger partial charge in [0.15, 0.2) is 0 Å². The fourth-order valence-corrected chi connectivity index (χ4v) is 2.02. The second-order valence-corrected chi connectivity index (χ2v) is 4.65. The predicted molar refractivity (Wildman–Crippen MR) is 80.1 cm³/mol. The summed E-state index contributed by atoms with van der Waals surface area (Å²) in [6.45, 7) is 1.40. The van der Waals surface area contributed by atoms with Gasteiger partial charge in [-0.25, -0.2) is 0 Å². The summed E-state index contributed by atoms with van der Waals surface area (Å²) in [5, 5.41) is 0. The third kappa shape index (κ3) is 4.29. The summed E-state index contributed by atoms with van der Waals surface area (Å²) in [6, 6.07) is 12.6. The number of hydrogen-bond donors (Lipinski definition) is 1. The van der Waals surface area contributed by atoms with Crippen LogP contribution in [0.15, 0.2) is 53.5 Å². The van der Waals surface area contributed by atoms with Gasteiger partial charge in [0.2, 0.25) is 5.56 Å². The number of carbonyl (C=O) groups is 1. The first kappa shape index (κ1) is 15.0. The third-order valence-corrected chi connectivity index (χ3v) is 3.09. The molecule has 0 aliphatic rings. The number of ether oxygens (including phenoxy) is 1. The summed E-state index contributed by atoms with van der Waals surface area (Å²) < 4.78 is 5.06. The molecule has 1 N–H and O–H groups in total. The Bertz CT molecular complexity index is 637. The quantitative estimate of drug-likeness (QED) is 0.878.